The van der Waals surface area contributed by atoms with Crippen molar-refractivity contribution in [2.45, 2.75) is 26.7 Å². The van der Waals surface area contributed by atoms with Crippen LogP contribution in [0.1, 0.15) is 28.1 Å². The largest absolute Gasteiger partial charge is 0.0654 e. The summed E-state index contributed by atoms with van der Waals surface area (Å²) in [4.78, 5) is 0. The summed E-state index contributed by atoms with van der Waals surface area (Å²) in [7, 11) is 0. The number of hydrogen-bond donors (Lipinski definition) is 0. The lowest BCUT2D eigenvalue weighted by Gasteiger charge is -1.47. The third-order valence-electron chi connectivity index (χ3n) is 0. The quantitative estimate of drug-likeness (QED) is 0.425. The van der Waals surface area contributed by atoms with Crippen LogP contribution in [0.5, 0.6) is 0 Å². The Labute approximate surface area is 59.9 Å². The summed E-state index contributed by atoms with van der Waals surface area (Å²) >= 11 is 0. The van der Waals surface area contributed by atoms with Gasteiger partial charge in [-0.25, -0.2) is 0 Å². The third kappa shape index (κ3) is 473. The second kappa shape index (κ2) is 31.2. The van der Waals surface area contributed by atoms with Crippen molar-refractivity contribution in [3.63, 3.8) is 0 Å². The van der Waals surface area contributed by atoms with Crippen LogP contribution >= 0.6 is 0 Å². The second-order valence-corrected chi connectivity index (χ2v) is 1.000. The summed E-state index contributed by atoms with van der Waals surface area (Å²) in [5.74, 6) is 0. The summed E-state index contributed by atoms with van der Waals surface area (Å²) in [5, 5.41) is 0. The molecule has 0 nitrogen and oxygen atoms in total. The molecule has 1 heteroatoms. The first kappa shape index (κ1) is 15.6. The zero-order valence-electron chi connectivity index (χ0n) is 5.41. The van der Waals surface area contributed by atoms with E-state index in [1.165, 1.54) is 0 Å². The maximum atomic E-state index is 3.49. The molecule has 0 amide bonds. The van der Waals surface area contributed by atoms with Crippen molar-refractivity contribution in [3.8, 4) is 0 Å². The molecular weight excluding hydrogens is 99.0 g/mol. The van der Waals surface area contributed by atoms with Gasteiger partial charge in [0.05, 0.1) is 0 Å². The monoisotopic (exact) mass is 115 g/mol. The van der Waals surface area contributed by atoms with E-state index in [0.29, 0.717) is 0 Å². The van der Waals surface area contributed by atoms with E-state index < -0.39 is 0 Å². The molecule has 0 atom stereocenters. The van der Waals surface area contributed by atoms with Crippen molar-refractivity contribution >= 4 is 17.4 Å². The SMILES string of the molecule is [Al].[CH2]CC.[CH2]CC.[HH]. The molecule has 7 heavy (non-hydrogen) atoms. The summed E-state index contributed by atoms with van der Waals surface area (Å²) in [6, 6.07) is 0. The van der Waals surface area contributed by atoms with E-state index in [1.807, 2.05) is 13.8 Å². The molecule has 0 aromatic carbocycles. The van der Waals surface area contributed by atoms with E-state index >= 15 is 0 Å². The predicted molar refractivity (Wildman–Crippen MR) is 39.2 cm³/mol. The third-order valence-corrected chi connectivity index (χ3v) is 0. The molecule has 0 spiro atoms. The van der Waals surface area contributed by atoms with Gasteiger partial charge in [-0.1, -0.05) is 40.5 Å². The average Bonchev–Trinajstić information content (AvgIpc) is 1.39. The molecule has 0 aromatic heterocycles. The number of hydrogen-bond acceptors (Lipinski definition) is 0. The Morgan fingerprint density at radius 2 is 1.14 bits per heavy atom. The van der Waals surface area contributed by atoms with Crippen molar-refractivity contribution in [1.29, 1.82) is 0 Å². The maximum absolute atomic E-state index is 3.49. The fraction of sp³-hybridized carbons (Fsp3) is 0.667. The van der Waals surface area contributed by atoms with Crippen LogP contribution in [0, 0.1) is 13.8 Å². The molecule has 0 aliphatic heterocycles. The Kier molecular flexibility index (Phi) is 69.7. The molecule has 43 valence electrons. The molecule has 0 aliphatic rings. The van der Waals surface area contributed by atoms with Crippen LogP contribution in [0.25, 0.3) is 0 Å². The van der Waals surface area contributed by atoms with Gasteiger partial charge < -0.3 is 0 Å². The molecule has 5 radical (unpaired) electrons. The lowest BCUT2D eigenvalue weighted by Crippen LogP contribution is -1.29. The fourth-order valence-electron chi connectivity index (χ4n) is 0. The van der Waals surface area contributed by atoms with Gasteiger partial charge in [0.1, 0.15) is 0 Å². The Morgan fingerprint density at radius 3 is 1.14 bits per heavy atom. The van der Waals surface area contributed by atoms with Gasteiger partial charge in [-0.3, -0.25) is 0 Å². The van der Waals surface area contributed by atoms with E-state index in [2.05, 4.69) is 13.8 Å². The maximum Gasteiger partial charge on any atom is 0 e. The van der Waals surface area contributed by atoms with Gasteiger partial charge >= 0.3 is 0 Å². The van der Waals surface area contributed by atoms with Crippen LogP contribution in [-0.2, 0) is 0 Å². The van der Waals surface area contributed by atoms with Crippen molar-refractivity contribution in [3.05, 3.63) is 13.8 Å². The van der Waals surface area contributed by atoms with E-state index in [-0.39, 0.29) is 18.8 Å². The van der Waals surface area contributed by atoms with Gasteiger partial charge in [0.2, 0.25) is 0 Å². The predicted octanol–water partition coefficient (Wildman–Crippen LogP) is 2.33. The van der Waals surface area contributed by atoms with E-state index in [4.69, 9.17) is 0 Å². The zero-order valence-corrected chi connectivity index (χ0v) is 6.56. The Bertz CT molecular complexity index is 10.5. The highest BCUT2D eigenvalue weighted by Crippen LogP contribution is 1.55. The van der Waals surface area contributed by atoms with Crippen LogP contribution in [0.2, 0.25) is 0 Å². The first-order chi connectivity index (χ1) is 2.83. The van der Waals surface area contributed by atoms with Crippen molar-refractivity contribution in [1.82, 2.24) is 0 Å². The smallest absolute Gasteiger partial charge is 0 e. The van der Waals surface area contributed by atoms with Crippen molar-refractivity contribution < 1.29 is 1.43 Å². The summed E-state index contributed by atoms with van der Waals surface area (Å²) in [6.07, 6.45) is 2.00. The van der Waals surface area contributed by atoms with Crippen molar-refractivity contribution in [2.75, 3.05) is 0 Å². The molecule has 0 aliphatic carbocycles. The first-order valence-electron chi connectivity index (χ1n) is 2.41. The molecule has 0 aromatic rings. The Balaban J connectivity index is -0.0000000160. The normalized spacial score (nSPS) is 5.14. The summed E-state index contributed by atoms with van der Waals surface area (Å²) in [6.45, 7) is 11.0. The van der Waals surface area contributed by atoms with Crippen LogP contribution in [-0.4, -0.2) is 17.4 Å². The van der Waals surface area contributed by atoms with E-state index in [9.17, 15) is 0 Å². The minimum Gasteiger partial charge on any atom is -0.0654 e. The van der Waals surface area contributed by atoms with E-state index in [0.717, 1.165) is 12.8 Å². The molecule has 0 unspecified atom stereocenters. The standard InChI is InChI=1S/2C3H7.Al.H2/c2*1-3-2;;/h2*1,3H2,2H3;;1H. The van der Waals surface area contributed by atoms with Gasteiger partial charge in [-0.2, -0.15) is 0 Å². The number of rotatable bonds is 0. The van der Waals surface area contributed by atoms with Crippen LogP contribution < -0.4 is 0 Å². The highest BCUT2D eigenvalue weighted by atomic mass is 27.0. The molecule has 0 saturated carbocycles. The lowest BCUT2D eigenvalue weighted by molar-refractivity contribution is 1.23. The highest BCUT2D eigenvalue weighted by Gasteiger charge is 1.36. The Morgan fingerprint density at radius 1 is 1.14 bits per heavy atom. The van der Waals surface area contributed by atoms with Crippen LogP contribution in [0.3, 0.4) is 0 Å². The molecule has 0 rings (SSSR count). The van der Waals surface area contributed by atoms with Gasteiger partial charge in [-0.05, 0) is 0 Å². The van der Waals surface area contributed by atoms with Gasteiger partial charge in [0, 0.05) is 18.8 Å². The van der Waals surface area contributed by atoms with Crippen molar-refractivity contribution in [2.24, 2.45) is 0 Å². The lowest BCUT2D eigenvalue weighted by atomic mass is 10.6. The van der Waals surface area contributed by atoms with Gasteiger partial charge in [0.25, 0.3) is 0 Å². The molecule has 0 saturated heterocycles. The molecule has 0 N–H and O–H groups in total. The fourth-order valence-corrected chi connectivity index (χ4v) is 0. The van der Waals surface area contributed by atoms with Crippen LogP contribution in [0.15, 0.2) is 0 Å². The van der Waals surface area contributed by atoms with Crippen LogP contribution in [0.4, 0.5) is 0 Å². The zero-order chi connectivity index (χ0) is 5.41. The Hall–Kier alpha value is 0.532. The average molecular weight is 115 g/mol. The summed E-state index contributed by atoms with van der Waals surface area (Å²) in [5.41, 5.74) is 0. The molecule has 0 bridgehead atoms. The minimum absolute atomic E-state index is 0. The first-order valence-corrected chi connectivity index (χ1v) is 2.41. The minimum atomic E-state index is 0. The molecule has 0 fully saturated rings. The van der Waals surface area contributed by atoms with Gasteiger partial charge in [-0.15, -0.1) is 0 Å². The van der Waals surface area contributed by atoms with Gasteiger partial charge in [0.15, 0.2) is 0 Å². The molecule has 0 heterocycles. The summed E-state index contributed by atoms with van der Waals surface area (Å²) < 4.78 is 0. The molecular formula is C6H16Al. The second-order valence-electron chi connectivity index (χ2n) is 1.000. The topological polar surface area (TPSA) is 0 Å². The highest BCUT2D eigenvalue weighted by molar-refractivity contribution is 5.75. The van der Waals surface area contributed by atoms with E-state index in [1.54, 1.807) is 0 Å².